The molecule has 15 heavy (non-hydrogen) atoms. The Morgan fingerprint density at radius 2 is 0.933 bits per heavy atom. The van der Waals surface area contributed by atoms with E-state index < -0.39 is 12.0 Å². The van der Waals surface area contributed by atoms with Gasteiger partial charge in [-0.1, -0.05) is 0 Å². The van der Waals surface area contributed by atoms with Crippen molar-refractivity contribution >= 4 is 78.5 Å². The van der Waals surface area contributed by atoms with Crippen LogP contribution < -0.4 is 0 Å². The van der Waals surface area contributed by atoms with Crippen molar-refractivity contribution in [3.05, 3.63) is 0 Å². The van der Waals surface area contributed by atoms with Gasteiger partial charge in [-0.15, -0.1) is 66.5 Å². The molecular formula is C7H10Cl6Si2. The molecule has 8 heteroatoms. The van der Waals surface area contributed by atoms with E-state index in [2.05, 4.69) is 0 Å². The van der Waals surface area contributed by atoms with Gasteiger partial charge in [0, 0.05) is 0 Å². The molecule has 2 aliphatic rings. The summed E-state index contributed by atoms with van der Waals surface area (Å²) >= 11 is 36.5. The highest BCUT2D eigenvalue weighted by Crippen LogP contribution is 2.65. The summed E-state index contributed by atoms with van der Waals surface area (Å²) < 4.78 is 0. The van der Waals surface area contributed by atoms with E-state index in [0.717, 1.165) is 19.3 Å². The highest BCUT2D eigenvalue weighted by Gasteiger charge is 2.58. The van der Waals surface area contributed by atoms with Crippen molar-refractivity contribution in [3.8, 4) is 0 Å². The number of hydrogen-bond acceptors (Lipinski definition) is 0. The lowest BCUT2D eigenvalue weighted by molar-refractivity contribution is 0.473. The monoisotopic (exact) mass is 360 g/mol. The molecule has 4 atom stereocenters. The molecule has 0 saturated heterocycles. The summed E-state index contributed by atoms with van der Waals surface area (Å²) in [6, 6.07) is -5.13. The van der Waals surface area contributed by atoms with Gasteiger partial charge < -0.3 is 0 Å². The third-order valence-corrected chi connectivity index (χ3v) is 11.8. The predicted molar refractivity (Wildman–Crippen MR) is 75.0 cm³/mol. The van der Waals surface area contributed by atoms with Gasteiger partial charge in [-0.05, 0) is 42.2 Å². The third kappa shape index (κ3) is 2.78. The zero-order valence-electron chi connectivity index (χ0n) is 7.70. The molecule has 2 aliphatic carbocycles. The number of rotatable bonds is 2. The number of hydrogen-bond donors (Lipinski definition) is 0. The first-order valence-electron chi connectivity index (χ1n) is 4.83. The molecule has 0 aromatic heterocycles. The minimum absolute atomic E-state index is 0.282. The van der Waals surface area contributed by atoms with E-state index >= 15 is 0 Å². The molecule has 2 rings (SSSR count). The number of fused-ring (bicyclic) bond motifs is 2. The van der Waals surface area contributed by atoms with E-state index in [1.54, 1.807) is 0 Å². The summed E-state index contributed by atoms with van der Waals surface area (Å²) in [5.41, 5.74) is 0.565. The minimum Gasteiger partial charge on any atom is -0.126 e. The van der Waals surface area contributed by atoms with Crippen LogP contribution in [0.2, 0.25) is 11.1 Å². The smallest absolute Gasteiger partial charge is 0.126 e. The molecular weight excluding hydrogens is 353 g/mol. The van der Waals surface area contributed by atoms with Crippen molar-refractivity contribution in [1.29, 1.82) is 0 Å². The van der Waals surface area contributed by atoms with E-state index in [0.29, 0.717) is 11.8 Å². The minimum atomic E-state index is -2.56. The molecule has 2 bridgehead atoms. The van der Waals surface area contributed by atoms with Crippen molar-refractivity contribution in [3.63, 3.8) is 0 Å². The fraction of sp³-hybridized carbons (Fsp3) is 1.00. The van der Waals surface area contributed by atoms with Crippen LogP contribution in [0.25, 0.3) is 0 Å². The van der Waals surface area contributed by atoms with Crippen LogP contribution in [0.5, 0.6) is 0 Å². The third-order valence-electron chi connectivity index (χ3n) is 3.70. The maximum absolute atomic E-state index is 6.08. The predicted octanol–water partition coefficient (Wildman–Crippen LogP) is 5.47. The molecule has 0 spiro atoms. The average molecular weight is 363 g/mol. The summed E-state index contributed by atoms with van der Waals surface area (Å²) in [4.78, 5) is 0. The van der Waals surface area contributed by atoms with E-state index in [-0.39, 0.29) is 11.1 Å². The lowest BCUT2D eigenvalue weighted by atomic mass is 9.99. The van der Waals surface area contributed by atoms with Gasteiger partial charge in [-0.2, -0.15) is 0 Å². The van der Waals surface area contributed by atoms with E-state index in [9.17, 15) is 0 Å². The second kappa shape index (κ2) is 4.38. The van der Waals surface area contributed by atoms with E-state index in [4.69, 9.17) is 66.5 Å². The summed E-state index contributed by atoms with van der Waals surface area (Å²) in [5, 5.41) is 0. The fourth-order valence-electron chi connectivity index (χ4n) is 3.08. The van der Waals surface area contributed by atoms with Crippen LogP contribution in [0, 0.1) is 11.8 Å². The first kappa shape index (κ1) is 13.6. The summed E-state index contributed by atoms with van der Waals surface area (Å²) in [6.07, 6.45) is 3.01. The van der Waals surface area contributed by atoms with Gasteiger partial charge in [0.15, 0.2) is 0 Å². The summed E-state index contributed by atoms with van der Waals surface area (Å²) in [6.45, 7) is 0. The fourth-order valence-corrected chi connectivity index (χ4v) is 10.6. The molecule has 0 heterocycles. The normalized spacial score (nSPS) is 41.2. The Bertz CT molecular complexity index is 233. The molecule has 0 aliphatic heterocycles. The molecule has 0 amide bonds. The van der Waals surface area contributed by atoms with Crippen LogP contribution in [0.1, 0.15) is 19.3 Å². The van der Waals surface area contributed by atoms with Crippen LogP contribution in [-0.4, -0.2) is 12.0 Å². The van der Waals surface area contributed by atoms with Crippen molar-refractivity contribution in [2.45, 2.75) is 30.3 Å². The summed E-state index contributed by atoms with van der Waals surface area (Å²) in [5.74, 6) is 0.976. The van der Waals surface area contributed by atoms with Crippen LogP contribution in [0.3, 0.4) is 0 Å². The molecule has 0 nitrogen and oxygen atoms in total. The molecule has 0 aromatic rings. The molecule has 0 radical (unpaired) electrons. The Balaban J connectivity index is 2.07. The second-order valence-electron chi connectivity index (χ2n) is 4.52. The SMILES string of the molecule is Cl[Si](Cl)(Cl)[C@@H]1C[C@H]2C[C@@H]1C[C@@H]2[Si](Cl)(Cl)Cl. The van der Waals surface area contributed by atoms with Gasteiger partial charge in [-0.25, -0.2) is 0 Å². The highest BCUT2D eigenvalue weighted by molar-refractivity contribution is 7.66. The first-order chi connectivity index (χ1) is 6.69. The average Bonchev–Trinajstić information content (AvgIpc) is 2.57. The van der Waals surface area contributed by atoms with Gasteiger partial charge in [0.2, 0.25) is 0 Å². The Hall–Kier alpha value is 2.17. The molecule has 0 N–H and O–H groups in total. The van der Waals surface area contributed by atoms with E-state index in [1.165, 1.54) is 0 Å². The molecule has 0 aromatic carbocycles. The second-order valence-corrected chi connectivity index (χ2v) is 22.4. The van der Waals surface area contributed by atoms with Gasteiger partial charge in [0.25, 0.3) is 0 Å². The van der Waals surface area contributed by atoms with E-state index in [1.807, 2.05) is 0 Å². The van der Waals surface area contributed by atoms with Crippen molar-refractivity contribution in [2.24, 2.45) is 11.8 Å². The number of halogens is 6. The van der Waals surface area contributed by atoms with Gasteiger partial charge >= 0.3 is 12.0 Å². The first-order valence-corrected chi connectivity index (χ1v) is 15.1. The van der Waals surface area contributed by atoms with Crippen molar-refractivity contribution in [1.82, 2.24) is 0 Å². The molecule has 2 fully saturated rings. The highest BCUT2D eigenvalue weighted by atomic mass is 35.8. The van der Waals surface area contributed by atoms with Crippen LogP contribution >= 0.6 is 66.5 Å². The Morgan fingerprint density at radius 3 is 1.13 bits per heavy atom. The zero-order chi connectivity index (χ0) is 11.4. The van der Waals surface area contributed by atoms with Crippen molar-refractivity contribution in [2.75, 3.05) is 0 Å². The molecule has 2 saturated carbocycles. The van der Waals surface area contributed by atoms with Gasteiger partial charge in [0.1, 0.15) is 0 Å². The van der Waals surface area contributed by atoms with Crippen LogP contribution in [0.4, 0.5) is 0 Å². The van der Waals surface area contributed by atoms with Crippen LogP contribution in [-0.2, 0) is 0 Å². The van der Waals surface area contributed by atoms with Gasteiger partial charge in [-0.3, -0.25) is 0 Å². The Kier molecular flexibility index (Phi) is 3.97. The molecule has 0 unspecified atom stereocenters. The lowest BCUT2D eigenvalue weighted by Gasteiger charge is -2.32. The molecule has 88 valence electrons. The quantitative estimate of drug-likeness (QED) is 0.451. The maximum Gasteiger partial charge on any atom is 0.344 e. The Labute approximate surface area is 120 Å². The standard InChI is InChI=1S/C7H10Cl6Si2/c8-14(9,10)6-2-4-1-5(6)3-7(4)15(11,12)13/h4-7H,1-3H2/t4-,5-,6-,7+/m1/s1. The Morgan fingerprint density at radius 1 is 0.600 bits per heavy atom. The summed E-state index contributed by atoms with van der Waals surface area (Å²) in [7, 11) is 0. The van der Waals surface area contributed by atoms with Crippen molar-refractivity contribution < 1.29 is 0 Å². The zero-order valence-corrected chi connectivity index (χ0v) is 14.2. The largest absolute Gasteiger partial charge is 0.344 e. The van der Waals surface area contributed by atoms with Crippen LogP contribution in [0.15, 0.2) is 0 Å². The maximum atomic E-state index is 6.08. The lowest BCUT2D eigenvalue weighted by Crippen LogP contribution is -2.31. The van der Waals surface area contributed by atoms with Gasteiger partial charge in [0.05, 0.1) is 0 Å². The topological polar surface area (TPSA) is 0 Å².